The first-order valence-corrected chi connectivity index (χ1v) is 10.9. The smallest absolute Gasteiger partial charge is 0.343 e. The summed E-state index contributed by atoms with van der Waals surface area (Å²) in [5.74, 6) is -2.19. The molecule has 8 nitrogen and oxygen atoms in total. The minimum absolute atomic E-state index is 0.0727. The maximum Gasteiger partial charge on any atom is 0.343 e. The van der Waals surface area contributed by atoms with E-state index in [9.17, 15) is 19.5 Å². The van der Waals surface area contributed by atoms with Crippen LogP contribution in [0, 0.1) is 0 Å². The lowest BCUT2D eigenvalue weighted by Crippen LogP contribution is -2.58. The van der Waals surface area contributed by atoms with Crippen LogP contribution in [0.3, 0.4) is 0 Å². The van der Waals surface area contributed by atoms with E-state index in [-0.39, 0.29) is 22.5 Å². The largest absolute Gasteiger partial charge is 0.507 e. The molecule has 0 saturated carbocycles. The van der Waals surface area contributed by atoms with Gasteiger partial charge in [-0.15, -0.1) is 0 Å². The van der Waals surface area contributed by atoms with Crippen molar-refractivity contribution in [3.05, 3.63) is 82.7 Å². The summed E-state index contributed by atoms with van der Waals surface area (Å²) in [7, 11) is 8.46. The average molecular weight is 468 g/mol. The lowest BCUT2D eigenvalue weighted by Gasteiger charge is -2.46. The number of hydrogen-bond donors (Lipinski definition) is 2. The Labute approximate surface area is 202 Å². The number of aromatic amines is 1. The van der Waals surface area contributed by atoms with Crippen molar-refractivity contribution in [2.45, 2.75) is 12.0 Å². The SMILES string of the molecule is [B]c1ccc2[nH]c3c(c2c1)CCN1C=C(C(=O)c2ccccc2O)C=C(C(=O)OC)C31C(=O)OC. The second-order valence-corrected chi connectivity index (χ2v) is 8.41. The number of hydrogen-bond acceptors (Lipinski definition) is 7. The van der Waals surface area contributed by atoms with Gasteiger partial charge < -0.3 is 24.5 Å². The third-order valence-corrected chi connectivity index (χ3v) is 6.61. The van der Waals surface area contributed by atoms with Gasteiger partial charge in [0, 0.05) is 29.2 Å². The molecule has 9 heteroatoms. The van der Waals surface area contributed by atoms with Crippen LogP contribution in [0.25, 0.3) is 10.9 Å². The summed E-state index contributed by atoms with van der Waals surface area (Å²) in [6, 6.07) is 11.5. The predicted octanol–water partition coefficient (Wildman–Crippen LogP) is 1.77. The number of Topliss-reactive ketones (excluding diaryl/α,β-unsaturated/α-hetero) is 1. The molecule has 3 heterocycles. The van der Waals surface area contributed by atoms with Gasteiger partial charge in [-0.2, -0.15) is 0 Å². The standard InChI is InChI=1S/C26H21BN2O6/c1-34-24(32)19-11-14(22(31)17-5-3-4-6-21(17)30)13-29-10-9-16-18-12-15(27)7-8-20(18)28-23(16)26(19,29)25(33)35-2/h3-8,11-13,28,30H,9-10H2,1-2H3. The van der Waals surface area contributed by atoms with Gasteiger partial charge in [0.2, 0.25) is 5.54 Å². The highest BCUT2D eigenvalue weighted by atomic mass is 16.5. The molecule has 5 rings (SSSR count). The number of nitrogens with one attached hydrogen (secondary N) is 1. The fourth-order valence-corrected chi connectivity index (χ4v) is 5.03. The number of aromatic nitrogens is 1. The monoisotopic (exact) mass is 468 g/mol. The van der Waals surface area contributed by atoms with Crippen LogP contribution in [-0.2, 0) is 31.0 Å². The molecule has 35 heavy (non-hydrogen) atoms. The predicted molar refractivity (Wildman–Crippen MR) is 128 cm³/mol. The number of phenols is 1. The number of methoxy groups -OCH3 is 2. The molecule has 0 amide bonds. The van der Waals surface area contributed by atoms with Crippen molar-refractivity contribution in [1.82, 2.24) is 9.88 Å². The fraction of sp³-hybridized carbons (Fsp3) is 0.192. The summed E-state index contributed by atoms with van der Waals surface area (Å²) < 4.78 is 10.3. The lowest BCUT2D eigenvalue weighted by atomic mass is 9.75. The Morgan fingerprint density at radius 3 is 2.60 bits per heavy atom. The van der Waals surface area contributed by atoms with Crippen molar-refractivity contribution in [3.8, 4) is 5.75 Å². The van der Waals surface area contributed by atoms with Gasteiger partial charge in [0.15, 0.2) is 5.78 Å². The number of rotatable bonds is 4. The van der Waals surface area contributed by atoms with Gasteiger partial charge in [0.05, 0.1) is 31.1 Å². The Morgan fingerprint density at radius 1 is 1.11 bits per heavy atom. The number of para-hydroxylation sites is 1. The van der Waals surface area contributed by atoms with Crippen LogP contribution in [0.1, 0.15) is 21.6 Å². The molecule has 1 aromatic heterocycles. The van der Waals surface area contributed by atoms with Crippen molar-refractivity contribution in [1.29, 1.82) is 0 Å². The van der Waals surface area contributed by atoms with E-state index in [2.05, 4.69) is 4.98 Å². The molecule has 2 N–H and O–H groups in total. The molecule has 3 aromatic rings. The van der Waals surface area contributed by atoms with Gasteiger partial charge in [0.25, 0.3) is 0 Å². The van der Waals surface area contributed by atoms with E-state index in [1.165, 1.54) is 38.6 Å². The molecule has 2 radical (unpaired) electrons. The van der Waals surface area contributed by atoms with Crippen LogP contribution in [-0.4, -0.2) is 61.3 Å². The molecule has 2 aromatic carbocycles. The van der Waals surface area contributed by atoms with Crippen LogP contribution >= 0.6 is 0 Å². The normalized spacial score (nSPS) is 18.7. The summed E-state index contributed by atoms with van der Waals surface area (Å²) in [6.07, 6.45) is 3.38. The highest BCUT2D eigenvalue weighted by molar-refractivity contribution is 6.33. The molecule has 2 aliphatic heterocycles. The van der Waals surface area contributed by atoms with Crippen molar-refractivity contribution in [2.75, 3.05) is 20.8 Å². The van der Waals surface area contributed by atoms with Crippen molar-refractivity contribution >= 4 is 41.9 Å². The van der Waals surface area contributed by atoms with E-state index in [1.54, 1.807) is 23.1 Å². The number of allylic oxidation sites excluding steroid dienone is 2. The second kappa shape index (κ2) is 8.20. The van der Waals surface area contributed by atoms with Gasteiger partial charge in [-0.25, -0.2) is 9.59 Å². The third kappa shape index (κ3) is 3.19. The first-order valence-electron chi connectivity index (χ1n) is 10.9. The molecular weight excluding hydrogens is 447 g/mol. The summed E-state index contributed by atoms with van der Waals surface area (Å²) in [6.45, 7) is 0.301. The van der Waals surface area contributed by atoms with Gasteiger partial charge in [0.1, 0.15) is 13.6 Å². The number of H-pyrrole nitrogens is 1. The Kier molecular flexibility index (Phi) is 5.27. The zero-order chi connectivity index (χ0) is 24.9. The van der Waals surface area contributed by atoms with Gasteiger partial charge in [-0.05, 0) is 36.3 Å². The quantitative estimate of drug-likeness (QED) is 0.341. The van der Waals surface area contributed by atoms with Crippen LogP contribution < -0.4 is 5.46 Å². The van der Waals surface area contributed by atoms with E-state index >= 15 is 0 Å². The lowest BCUT2D eigenvalue weighted by molar-refractivity contribution is -0.156. The Morgan fingerprint density at radius 2 is 1.89 bits per heavy atom. The molecule has 1 unspecified atom stereocenters. The Hall–Kier alpha value is -4.27. The van der Waals surface area contributed by atoms with Gasteiger partial charge >= 0.3 is 11.9 Å². The molecule has 0 saturated heterocycles. The maximum atomic E-state index is 13.5. The summed E-state index contributed by atoms with van der Waals surface area (Å²) in [5, 5.41) is 11.1. The number of benzene rings is 2. The minimum Gasteiger partial charge on any atom is -0.507 e. The molecule has 1 atom stereocenters. The summed E-state index contributed by atoms with van der Waals surface area (Å²) in [4.78, 5) is 44.9. The number of carbonyl (C=O) groups is 3. The van der Waals surface area contributed by atoms with Crippen molar-refractivity contribution in [2.24, 2.45) is 0 Å². The number of esters is 2. The first-order chi connectivity index (χ1) is 16.8. The Bertz CT molecular complexity index is 1470. The third-order valence-electron chi connectivity index (χ3n) is 6.61. The average Bonchev–Trinajstić information content (AvgIpc) is 3.25. The first kappa shape index (κ1) is 22.5. The molecule has 0 bridgehead atoms. The number of ketones is 1. The van der Waals surface area contributed by atoms with E-state index in [1.807, 2.05) is 12.1 Å². The van der Waals surface area contributed by atoms with Gasteiger partial charge in [-0.1, -0.05) is 29.7 Å². The Balaban J connectivity index is 1.77. The molecular formula is C26H21BN2O6. The zero-order valence-electron chi connectivity index (χ0n) is 19.1. The van der Waals surface area contributed by atoms with E-state index in [4.69, 9.17) is 17.3 Å². The van der Waals surface area contributed by atoms with Crippen molar-refractivity contribution < 1.29 is 29.0 Å². The van der Waals surface area contributed by atoms with E-state index in [0.717, 1.165) is 16.5 Å². The number of aromatic hydroxyl groups is 1. The van der Waals surface area contributed by atoms with E-state index in [0.29, 0.717) is 24.1 Å². The molecule has 0 aliphatic carbocycles. The van der Waals surface area contributed by atoms with Crippen LogP contribution in [0.5, 0.6) is 5.75 Å². The maximum absolute atomic E-state index is 13.5. The molecule has 2 aliphatic rings. The summed E-state index contributed by atoms with van der Waals surface area (Å²) >= 11 is 0. The van der Waals surface area contributed by atoms with Crippen LogP contribution in [0.15, 0.2) is 65.9 Å². The topological polar surface area (TPSA) is 109 Å². The molecule has 174 valence electrons. The number of ether oxygens (including phenoxy) is 2. The number of nitrogens with zero attached hydrogens (tertiary/aromatic N) is 1. The highest BCUT2D eigenvalue weighted by Crippen LogP contribution is 2.47. The van der Waals surface area contributed by atoms with Crippen molar-refractivity contribution in [3.63, 3.8) is 0 Å². The fourth-order valence-electron chi connectivity index (χ4n) is 5.03. The number of carbonyl (C=O) groups excluding carboxylic acids is 3. The number of phenolic OH excluding ortho intramolecular Hbond substituents is 1. The number of fused-ring (bicyclic) bond motifs is 5. The van der Waals surface area contributed by atoms with Crippen LogP contribution in [0.4, 0.5) is 0 Å². The summed E-state index contributed by atoms with van der Waals surface area (Å²) in [5.41, 5.74) is 1.01. The van der Waals surface area contributed by atoms with E-state index < -0.39 is 23.3 Å². The van der Waals surface area contributed by atoms with Gasteiger partial charge in [-0.3, -0.25) is 4.79 Å². The molecule has 0 spiro atoms. The molecule has 0 fully saturated rings. The zero-order valence-corrected chi connectivity index (χ0v) is 19.1. The minimum atomic E-state index is -1.70. The van der Waals surface area contributed by atoms with Crippen LogP contribution in [0.2, 0.25) is 0 Å². The second-order valence-electron chi connectivity index (χ2n) is 8.41. The highest BCUT2D eigenvalue weighted by Gasteiger charge is 2.58.